The molecule has 0 unspecified atom stereocenters. The molecule has 1 radical (unpaired) electrons. The van der Waals surface area contributed by atoms with Crippen molar-refractivity contribution in [3.8, 4) is 0 Å². The zero-order valence-electron chi connectivity index (χ0n) is 10.7. The fourth-order valence-electron chi connectivity index (χ4n) is 1.82. The molecule has 0 saturated heterocycles. The predicted molar refractivity (Wildman–Crippen MR) is 69.6 cm³/mol. The third-order valence-corrected chi connectivity index (χ3v) is 2.79. The van der Waals surface area contributed by atoms with Gasteiger partial charge in [-0.15, -0.1) is 0 Å². The van der Waals surface area contributed by atoms with Crippen LogP contribution in [0.3, 0.4) is 0 Å². The van der Waals surface area contributed by atoms with Gasteiger partial charge < -0.3 is 0 Å². The van der Waals surface area contributed by atoms with Gasteiger partial charge in [-0.1, -0.05) is 32.0 Å². The van der Waals surface area contributed by atoms with Crippen molar-refractivity contribution < 1.29 is 9.90 Å². The topological polar surface area (TPSA) is 52.6 Å². The number of hydrogen-bond donors (Lipinski definition) is 0. The van der Waals surface area contributed by atoms with Gasteiger partial charge >= 0.3 is 0 Å². The van der Waals surface area contributed by atoms with Gasteiger partial charge in [-0.3, -0.25) is 9.90 Å². The Morgan fingerprint density at radius 2 is 1.83 bits per heavy atom. The lowest BCUT2D eigenvalue weighted by atomic mass is 10.0. The fourth-order valence-corrected chi connectivity index (χ4v) is 1.82. The highest BCUT2D eigenvalue weighted by molar-refractivity contribution is 6.30. The molecule has 0 fully saturated rings. The zero-order chi connectivity index (χ0) is 13.3. The van der Waals surface area contributed by atoms with E-state index in [0.717, 1.165) is 0 Å². The molecule has 1 aliphatic heterocycles. The van der Waals surface area contributed by atoms with Crippen molar-refractivity contribution >= 4 is 17.3 Å². The molecule has 0 aliphatic carbocycles. The maximum Gasteiger partial charge on any atom is 0.284 e. The number of para-hydroxylation sites is 1. The molecule has 0 saturated carbocycles. The molecule has 4 heteroatoms. The normalized spacial score (nSPS) is 18.3. The van der Waals surface area contributed by atoms with Crippen molar-refractivity contribution in [1.82, 2.24) is 0 Å². The summed E-state index contributed by atoms with van der Waals surface area (Å²) in [7, 11) is 0. The van der Waals surface area contributed by atoms with Crippen LogP contribution in [-0.2, 0) is 9.90 Å². The van der Waals surface area contributed by atoms with Crippen LogP contribution in [0.2, 0.25) is 0 Å². The van der Waals surface area contributed by atoms with Crippen LogP contribution in [0.1, 0.15) is 20.8 Å². The first-order chi connectivity index (χ1) is 8.52. The van der Waals surface area contributed by atoms with Crippen LogP contribution in [0.5, 0.6) is 0 Å². The largest absolute Gasteiger partial charge is 0.294 e. The van der Waals surface area contributed by atoms with Gasteiger partial charge in [-0.05, 0) is 19.1 Å². The van der Waals surface area contributed by atoms with E-state index in [2.05, 4.69) is 5.10 Å². The number of carbonyl (C=O) groups excluding carboxylic acids is 1. The summed E-state index contributed by atoms with van der Waals surface area (Å²) in [5.74, 6) is -0.693. The Morgan fingerprint density at radius 3 is 2.39 bits per heavy atom. The van der Waals surface area contributed by atoms with Crippen LogP contribution in [0.15, 0.2) is 46.8 Å². The van der Waals surface area contributed by atoms with Gasteiger partial charge in [0, 0.05) is 5.92 Å². The molecule has 0 aromatic heterocycles. The van der Waals surface area contributed by atoms with Crippen molar-refractivity contribution in [2.45, 2.75) is 20.8 Å². The monoisotopic (exact) mass is 243 g/mol. The Labute approximate surface area is 106 Å². The molecule has 18 heavy (non-hydrogen) atoms. The standard InChI is InChI=1S/C14H15N2O2/c1-9(2)13(17)12-10(3)15-16(14(12)18)11-7-5-4-6-8-11/h4-9H,1-3H3/b13-12+. The summed E-state index contributed by atoms with van der Waals surface area (Å²) < 4.78 is 0. The van der Waals surface area contributed by atoms with Crippen molar-refractivity contribution in [2.75, 3.05) is 5.01 Å². The SMILES string of the molecule is CC1=NN(c2ccccc2)C(=O)/C1=C(/[O])C(C)C. The number of allylic oxidation sites excluding steroid dienone is 1. The first kappa shape index (κ1) is 12.4. The number of benzene rings is 1. The average molecular weight is 243 g/mol. The summed E-state index contributed by atoms with van der Waals surface area (Å²) in [6, 6.07) is 9.10. The molecule has 0 N–H and O–H groups in total. The molecule has 1 aromatic rings. The second kappa shape index (κ2) is 4.64. The predicted octanol–water partition coefficient (Wildman–Crippen LogP) is 2.75. The molecule has 0 spiro atoms. The number of anilines is 1. The number of hydrogen-bond acceptors (Lipinski definition) is 2. The van der Waals surface area contributed by atoms with Gasteiger partial charge in [0.05, 0.1) is 11.4 Å². The number of nitrogens with zero attached hydrogens (tertiary/aromatic N) is 2. The van der Waals surface area contributed by atoms with Crippen molar-refractivity contribution in [3.63, 3.8) is 0 Å². The molecule has 1 aromatic carbocycles. The second-order valence-electron chi connectivity index (χ2n) is 4.53. The maximum atomic E-state index is 12.2. The molecular weight excluding hydrogens is 228 g/mol. The highest BCUT2D eigenvalue weighted by Gasteiger charge is 2.33. The summed E-state index contributed by atoms with van der Waals surface area (Å²) in [5.41, 5.74) is 1.37. The minimum atomic E-state index is -0.336. The Hall–Kier alpha value is -2.10. The lowest BCUT2D eigenvalue weighted by molar-refractivity contribution is -0.114. The Balaban J connectivity index is 2.42. The maximum absolute atomic E-state index is 12.2. The van der Waals surface area contributed by atoms with E-state index in [1.165, 1.54) is 5.01 Å². The molecular formula is C14H15N2O2. The van der Waals surface area contributed by atoms with Crippen LogP contribution in [0.25, 0.3) is 0 Å². The van der Waals surface area contributed by atoms with Crippen LogP contribution >= 0.6 is 0 Å². The fraction of sp³-hybridized carbons (Fsp3) is 0.286. The van der Waals surface area contributed by atoms with Crippen LogP contribution in [-0.4, -0.2) is 11.6 Å². The number of rotatable bonds is 2. The van der Waals surface area contributed by atoms with Crippen LogP contribution in [0, 0.1) is 5.92 Å². The van der Waals surface area contributed by atoms with Crippen molar-refractivity contribution in [3.05, 3.63) is 41.7 Å². The van der Waals surface area contributed by atoms with Crippen molar-refractivity contribution in [2.24, 2.45) is 11.0 Å². The summed E-state index contributed by atoms with van der Waals surface area (Å²) >= 11 is 0. The highest BCUT2D eigenvalue weighted by atomic mass is 16.3. The number of hydrazone groups is 1. The van der Waals surface area contributed by atoms with Gasteiger partial charge in [0.1, 0.15) is 5.57 Å². The lowest BCUT2D eigenvalue weighted by Gasteiger charge is -2.11. The summed E-state index contributed by atoms with van der Waals surface area (Å²) in [4.78, 5) is 12.2. The van der Waals surface area contributed by atoms with Gasteiger partial charge in [-0.25, -0.2) is 0 Å². The summed E-state index contributed by atoms with van der Waals surface area (Å²) in [6.45, 7) is 5.25. The molecule has 0 atom stereocenters. The molecule has 0 bridgehead atoms. The van der Waals surface area contributed by atoms with E-state index in [-0.39, 0.29) is 23.2 Å². The van der Waals surface area contributed by atoms with E-state index in [1.54, 1.807) is 32.9 Å². The Kier molecular flexibility index (Phi) is 3.19. The van der Waals surface area contributed by atoms with Crippen molar-refractivity contribution in [1.29, 1.82) is 0 Å². The first-order valence-corrected chi connectivity index (χ1v) is 5.88. The van der Waals surface area contributed by atoms with E-state index >= 15 is 0 Å². The minimum absolute atomic E-state index is 0.153. The summed E-state index contributed by atoms with van der Waals surface area (Å²) in [6.07, 6.45) is 0. The van der Waals surface area contributed by atoms with E-state index in [0.29, 0.717) is 11.4 Å². The minimum Gasteiger partial charge on any atom is -0.294 e. The molecule has 1 aliphatic rings. The Bertz CT molecular complexity index is 530. The van der Waals surface area contributed by atoms with Gasteiger partial charge in [-0.2, -0.15) is 10.1 Å². The molecule has 93 valence electrons. The van der Waals surface area contributed by atoms with Gasteiger partial charge in [0.25, 0.3) is 5.91 Å². The second-order valence-corrected chi connectivity index (χ2v) is 4.53. The molecule has 1 heterocycles. The smallest absolute Gasteiger partial charge is 0.284 e. The summed E-state index contributed by atoms with van der Waals surface area (Å²) in [5, 5.41) is 17.4. The number of amides is 1. The Morgan fingerprint density at radius 1 is 1.22 bits per heavy atom. The van der Waals surface area contributed by atoms with E-state index in [1.807, 2.05) is 18.2 Å². The van der Waals surface area contributed by atoms with E-state index < -0.39 is 0 Å². The van der Waals surface area contributed by atoms with E-state index in [9.17, 15) is 9.90 Å². The average Bonchev–Trinajstić information content (AvgIpc) is 2.65. The van der Waals surface area contributed by atoms with Gasteiger partial charge in [0.2, 0.25) is 0 Å². The lowest BCUT2D eigenvalue weighted by Crippen LogP contribution is -2.22. The number of carbonyl (C=O) groups is 1. The van der Waals surface area contributed by atoms with Crippen LogP contribution < -0.4 is 5.01 Å². The zero-order valence-corrected chi connectivity index (χ0v) is 10.7. The van der Waals surface area contributed by atoms with Crippen LogP contribution in [0.4, 0.5) is 5.69 Å². The quantitative estimate of drug-likeness (QED) is 0.582. The van der Waals surface area contributed by atoms with E-state index in [4.69, 9.17) is 0 Å². The third kappa shape index (κ3) is 2.01. The molecule has 2 rings (SSSR count). The third-order valence-electron chi connectivity index (χ3n) is 2.79. The first-order valence-electron chi connectivity index (χ1n) is 5.88. The van der Waals surface area contributed by atoms with Gasteiger partial charge in [0.15, 0.2) is 5.76 Å². The molecule has 1 amide bonds. The molecule has 4 nitrogen and oxygen atoms in total. The highest BCUT2D eigenvalue weighted by Crippen LogP contribution is 2.26.